The Bertz CT molecular complexity index is 1240. The topological polar surface area (TPSA) is 111 Å². The highest BCUT2D eigenvalue weighted by Crippen LogP contribution is 2.49. The molecule has 0 aromatic heterocycles. The van der Waals surface area contributed by atoms with E-state index in [0.717, 1.165) is 6.21 Å². The highest BCUT2D eigenvalue weighted by molar-refractivity contribution is 6.15. The number of hydrogen-bond acceptors (Lipinski definition) is 5. The number of amides is 1. The zero-order valence-electron chi connectivity index (χ0n) is 17.5. The maximum atomic E-state index is 13.8. The first-order valence-electron chi connectivity index (χ1n) is 9.83. The third-order valence-electron chi connectivity index (χ3n) is 5.56. The van der Waals surface area contributed by atoms with E-state index in [-0.39, 0.29) is 11.5 Å². The summed E-state index contributed by atoms with van der Waals surface area (Å²) in [5.74, 6) is -1.74. The lowest BCUT2D eigenvalue weighted by Crippen LogP contribution is -2.57. The molecular weight excluding hydrogens is 411 g/mol. The Morgan fingerprint density at radius 3 is 2.19 bits per heavy atom. The van der Waals surface area contributed by atoms with E-state index in [1.54, 1.807) is 55.1 Å². The number of anilines is 5. The molecule has 1 heterocycles. The summed E-state index contributed by atoms with van der Waals surface area (Å²) in [6, 6.07) is 15.1. The van der Waals surface area contributed by atoms with Gasteiger partial charge in [-0.05, 0) is 74.5 Å². The number of nitrogens with one attached hydrogen (secondary N) is 1. The summed E-state index contributed by atoms with van der Waals surface area (Å²) in [6.45, 7) is 3.50. The number of halogens is 1. The quantitative estimate of drug-likeness (QED) is 0.409. The van der Waals surface area contributed by atoms with Crippen LogP contribution in [0.5, 0.6) is 0 Å². The fourth-order valence-corrected chi connectivity index (χ4v) is 3.93. The van der Waals surface area contributed by atoms with Crippen LogP contribution in [0.1, 0.15) is 29.8 Å². The number of carbonyl (C=O) groups excluding carboxylic acids is 1. The zero-order chi connectivity index (χ0) is 23.2. The molecule has 8 heteroatoms. The average Bonchev–Trinajstić information content (AvgIpc) is 2.76. The standard InChI is InChI=1S/C24H21FN4O3/c1-24(2)23(32)28(17-7-3-14(4-8-17)22(30)31)20-12-19(27)15(13-26)11-21(20)29(24)18-9-5-16(25)6-10-18/h3-13,26H,27H2,1-2H3,(H,30,31). The van der Waals surface area contributed by atoms with Crippen LogP contribution in [-0.2, 0) is 4.79 Å². The summed E-state index contributed by atoms with van der Waals surface area (Å²) >= 11 is 0. The summed E-state index contributed by atoms with van der Waals surface area (Å²) in [7, 11) is 0. The fraction of sp³-hybridized carbons (Fsp3) is 0.125. The van der Waals surface area contributed by atoms with Gasteiger partial charge in [-0.3, -0.25) is 9.69 Å². The monoisotopic (exact) mass is 432 g/mol. The lowest BCUT2D eigenvalue weighted by atomic mass is 9.92. The zero-order valence-corrected chi connectivity index (χ0v) is 17.5. The second-order valence-corrected chi connectivity index (χ2v) is 7.98. The van der Waals surface area contributed by atoms with Gasteiger partial charge in [0, 0.05) is 28.8 Å². The molecule has 0 atom stereocenters. The molecule has 0 bridgehead atoms. The van der Waals surface area contributed by atoms with Crippen molar-refractivity contribution < 1.29 is 19.1 Å². The van der Waals surface area contributed by atoms with E-state index in [1.807, 2.05) is 0 Å². The lowest BCUT2D eigenvalue weighted by Gasteiger charge is -2.48. The Labute approximate surface area is 184 Å². The van der Waals surface area contributed by atoms with E-state index in [1.165, 1.54) is 29.2 Å². The van der Waals surface area contributed by atoms with Gasteiger partial charge in [-0.1, -0.05) is 0 Å². The number of fused-ring (bicyclic) bond motifs is 1. The van der Waals surface area contributed by atoms with Crippen LogP contribution in [-0.4, -0.2) is 28.7 Å². The van der Waals surface area contributed by atoms with Crippen molar-refractivity contribution >= 4 is 46.5 Å². The lowest BCUT2D eigenvalue weighted by molar-refractivity contribution is -0.122. The van der Waals surface area contributed by atoms with E-state index in [2.05, 4.69) is 0 Å². The van der Waals surface area contributed by atoms with Crippen molar-refractivity contribution in [3.8, 4) is 0 Å². The molecule has 1 aliphatic rings. The first-order valence-corrected chi connectivity index (χ1v) is 9.83. The first-order chi connectivity index (χ1) is 15.1. The van der Waals surface area contributed by atoms with Crippen LogP contribution >= 0.6 is 0 Å². The molecule has 0 fully saturated rings. The number of nitrogen functional groups attached to an aromatic ring is 1. The van der Waals surface area contributed by atoms with Crippen molar-refractivity contribution in [2.24, 2.45) is 0 Å². The number of benzene rings is 3. The summed E-state index contributed by atoms with van der Waals surface area (Å²) in [5.41, 5.74) is 8.11. The van der Waals surface area contributed by atoms with Gasteiger partial charge in [0.1, 0.15) is 11.4 Å². The van der Waals surface area contributed by atoms with Crippen molar-refractivity contribution in [2.75, 3.05) is 15.5 Å². The molecule has 0 saturated heterocycles. The predicted molar refractivity (Wildman–Crippen MR) is 122 cm³/mol. The van der Waals surface area contributed by atoms with Gasteiger partial charge in [-0.15, -0.1) is 0 Å². The molecule has 3 aromatic carbocycles. The molecule has 32 heavy (non-hydrogen) atoms. The van der Waals surface area contributed by atoms with Crippen molar-refractivity contribution in [1.29, 1.82) is 5.41 Å². The van der Waals surface area contributed by atoms with E-state index >= 15 is 0 Å². The number of nitrogens with two attached hydrogens (primary N) is 1. The molecule has 162 valence electrons. The highest BCUT2D eigenvalue weighted by Gasteiger charge is 2.46. The molecular formula is C24H21FN4O3. The number of nitrogens with zero attached hydrogens (tertiary/aromatic N) is 2. The smallest absolute Gasteiger partial charge is 0.335 e. The van der Waals surface area contributed by atoms with Gasteiger partial charge >= 0.3 is 5.97 Å². The molecule has 3 aromatic rings. The molecule has 4 rings (SSSR count). The van der Waals surface area contributed by atoms with Crippen LogP contribution in [0.2, 0.25) is 0 Å². The first kappa shape index (κ1) is 21.0. The third-order valence-corrected chi connectivity index (χ3v) is 5.56. The fourth-order valence-electron chi connectivity index (χ4n) is 3.93. The number of aromatic carboxylic acids is 1. The van der Waals surface area contributed by atoms with Crippen molar-refractivity contribution in [2.45, 2.75) is 19.4 Å². The van der Waals surface area contributed by atoms with Crippen LogP contribution in [0.15, 0.2) is 60.7 Å². The molecule has 0 unspecified atom stereocenters. The van der Waals surface area contributed by atoms with Crippen LogP contribution in [0.3, 0.4) is 0 Å². The second-order valence-electron chi connectivity index (χ2n) is 7.98. The van der Waals surface area contributed by atoms with Gasteiger partial charge in [0.2, 0.25) is 0 Å². The van der Waals surface area contributed by atoms with Gasteiger partial charge in [0.25, 0.3) is 5.91 Å². The number of carboxylic acid groups (broad SMARTS) is 1. The Kier molecular flexibility index (Phi) is 4.93. The molecule has 0 saturated carbocycles. The summed E-state index contributed by atoms with van der Waals surface area (Å²) < 4.78 is 13.6. The summed E-state index contributed by atoms with van der Waals surface area (Å²) in [5, 5.41) is 16.9. The van der Waals surface area contributed by atoms with Gasteiger partial charge in [0.05, 0.1) is 16.9 Å². The molecule has 0 radical (unpaired) electrons. The predicted octanol–water partition coefficient (Wildman–Crippen LogP) is 4.70. The van der Waals surface area contributed by atoms with E-state index in [0.29, 0.717) is 34.0 Å². The third kappa shape index (κ3) is 3.26. The minimum absolute atomic E-state index is 0.101. The molecule has 4 N–H and O–H groups in total. The molecule has 0 aliphatic carbocycles. The highest BCUT2D eigenvalue weighted by atomic mass is 19.1. The Balaban J connectivity index is 1.98. The Hall–Kier alpha value is -4.20. The van der Waals surface area contributed by atoms with Crippen LogP contribution in [0, 0.1) is 11.2 Å². The average molecular weight is 432 g/mol. The van der Waals surface area contributed by atoms with E-state index in [9.17, 15) is 19.1 Å². The minimum Gasteiger partial charge on any atom is -0.478 e. The second kappa shape index (κ2) is 7.49. The van der Waals surface area contributed by atoms with E-state index in [4.69, 9.17) is 11.1 Å². The van der Waals surface area contributed by atoms with Gasteiger partial charge in [-0.25, -0.2) is 9.18 Å². The Morgan fingerprint density at radius 1 is 1.03 bits per heavy atom. The van der Waals surface area contributed by atoms with Crippen molar-refractivity contribution in [3.63, 3.8) is 0 Å². The van der Waals surface area contributed by atoms with Gasteiger partial charge < -0.3 is 21.1 Å². The van der Waals surface area contributed by atoms with Gasteiger partial charge in [0.15, 0.2) is 0 Å². The Morgan fingerprint density at radius 2 is 1.62 bits per heavy atom. The summed E-state index contributed by atoms with van der Waals surface area (Å²) in [6.07, 6.45) is 1.13. The number of carboxylic acids is 1. The van der Waals surface area contributed by atoms with Crippen LogP contribution < -0.4 is 15.5 Å². The number of hydrogen-bond donors (Lipinski definition) is 3. The normalized spacial score (nSPS) is 14.8. The van der Waals surface area contributed by atoms with Crippen LogP contribution in [0.25, 0.3) is 0 Å². The number of rotatable bonds is 4. The van der Waals surface area contributed by atoms with Crippen LogP contribution in [0.4, 0.5) is 32.8 Å². The number of carbonyl (C=O) groups is 2. The molecule has 0 spiro atoms. The van der Waals surface area contributed by atoms with Gasteiger partial charge in [-0.2, -0.15) is 0 Å². The van der Waals surface area contributed by atoms with Crippen molar-refractivity contribution in [3.05, 3.63) is 77.6 Å². The minimum atomic E-state index is -1.09. The maximum Gasteiger partial charge on any atom is 0.335 e. The largest absolute Gasteiger partial charge is 0.478 e. The molecule has 1 aliphatic heterocycles. The summed E-state index contributed by atoms with van der Waals surface area (Å²) in [4.78, 5) is 28.3. The van der Waals surface area contributed by atoms with Crippen molar-refractivity contribution in [1.82, 2.24) is 0 Å². The van der Waals surface area contributed by atoms with E-state index < -0.39 is 17.3 Å². The SMILES string of the molecule is CC1(C)C(=O)N(c2ccc(C(=O)O)cc2)c2cc(N)c(C=N)cc2N1c1ccc(F)cc1. The molecule has 7 nitrogen and oxygen atoms in total. The maximum absolute atomic E-state index is 13.8. The molecule has 1 amide bonds.